The molecule has 8 heteroatoms. The number of morpholine rings is 1. The number of benzene rings is 1. The fourth-order valence-corrected chi connectivity index (χ4v) is 3.62. The van der Waals surface area contributed by atoms with Crippen LogP contribution in [0.4, 0.5) is 0 Å². The second-order valence-corrected chi connectivity index (χ2v) is 7.24. The Hall–Kier alpha value is -1.63. The van der Waals surface area contributed by atoms with Crippen molar-refractivity contribution in [3.8, 4) is 0 Å². The maximum Gasteiger partial charge on any atom is 0.251 e. The number of hydrogen-bond acceptors (Lipinski definition) is 5. The van der Waals surface area contributed by atoms with E-state index < -0.39 is 0 Å². The number of aromatic nitrogens is 2. The minimum absolute atomic E-state index is 0.0538. The van der Waals surface area contributed by atoms with Gasteiger partial charge in [0.15, 0.2) is 5.82 Å². The molecule has 0 bridgehead atoms. The molecule has 4 rings (SSSR count). The molecule has 2 fully saturated rings. The number of nitrogens with zero attached hydrogens (tertiary/aromatic N) is 3. The molecule has 3 atom stereocenters. The summed E-state index contributed by atoms with van der Waals surface area (Å²) in [6, 6.07) is 5.24. The van der Waals surface area contributed by atoms with Crippen molar-refractivity contribution in [2.45, 2.75) is 25.3 Å². The Kier molecular flexibility index (Phi) is 4.43. The second kappa shape index (κ2) is 6.59. The summed E-state index contributed by atoms with van der Waals surface area (Å²) < 4.78 is 10.8. The van der Waals surface area contributed by atoms with E-state index in [9.17, 15) is 4.79 Å². The average molecular weight is 382 g/mol. The standard InChI is InChI=1S/C17H17Cl2N3O3/c1-9-20-16(25-21-9)15-8-24-5-4-22(15)17(23)12-7-11(12)10-2-3-13(18)14(19)6-10/h2-3,6,11-12,15H,4-5,7-8H2,1H3/t11-,12+,15-/m0/s1. The molecule has 25 heavy (non-hydrogen) atoms. The van der Waals surface area contributed by atoms with Crippen molar-refractivity contribution in [1.29, 1.82) is 0 Å². The number of carbonyl (C=O) groups excluding carboxylic acids is 1. The van der Waals surface area contributed by atoms with Crippen LogP contribution in [-0.2, 0) is 9.53 Å². The van der Waals surface area contributed by atoms with Gasteiger partial charge in [0.1, 0.15) is 6.04 Å². The van der Waals surface area contributed by atoms with E-state index in [1.807, 2.05) is 12.1 Å². The van der Waals surface area contributed by atoms with E-state index in [0.29, 0.717) is 41.5 Å². The van der Waals surface area contributed by atoms with Crippen LogP contribution in [0.2, 0.25) is 10.0 Å². The molecular formula is C17H17Cl2N3O3. The molecule has 1 aromatic heterocycles. The molecular weight excluding hydrogens is 365 g/mol. The topological polar surface area (TPSA) is 68.5 Å². The van der Waals surface area contributed by atoms with Gasteiger partial charge >= 0.3 is 0 Å². The van der Waals surface area contributed by atoms with E-state index in [0.717, 1.165) is 12.0 Å². The third-order valence-electron chi connectivity index (χ3n) is 4.72. The van der Waals surface area contributed by atoms with Gasteiger partial charge in [-0.25, -0.2) is 0 Å². The maximum absolute atomic E-state index is 13.0. The van der Waals surface area contributed by atoms with E-state index in [4.69, 9.17) is 32.5 Å². The van der Waals surface area contributed by atoms with Gasteiger partial charge in [-0.1, -0.05) is 34.4 Å². The van der Waals surface area contributed by atoms with Gasteiger partial charge in [-0.15, -0.1) is 0 Å². The Labute approximate surface area is 155 Å². The molecule has 1 aliphatic carbocycles. The lowest BCUT2D eigenvalue weighted by Gasteiger charge is -2.33. The van der Waals surface area contributed by atoms with Gasteiger partial charge in [0.25, 0.3) is 5.89 Å². The molecule has 0 spiro atoms. The predicted molar refractivity (Wildman–Crippen MR) is 91.6 cm³/mol. The minimum atomic E-state index is -0.322. The lowest BCUT2D eigenvalue weighted by atomic mass is 10.1. The van der Waals surface area contributed by atoms with E-state index in [1.165, 1.54) is 0 Å². The fraction of sp³-hybridized carbons (Fsp3) is 0.471. The molecule has 0 N–H and O–H groups in total. The molecule has 0 unspecified atom stereocenters. The van der Waals surface area contributed by atoms with Gasteiger partial charge in [0, 0.05) is 12.5 Å². The van der Waals surface area contributed by atoms with Crippen LogP contribution in [0.3, 0.4) is 0 Å². The van der Waals surface area contributed by atoms with Crippen LogP contribution >= 0.6 is 23.2 Å². The molecule has 1 saturated heterocycles. The first kappa shape index (κ1) is 16.8. The first-order chi connectivity index (χ1) is 12.0. The average Bonchev–Trinajstić information content (AvgIpc) is 3.30. The van der Waals surface area contributed by atoms with E-state index in [2.05, 4.69) is 10.1 Å². The first-order valence-electron chi connectivity index (χ1n) is 8.18. The van der Waals surface area contributed by atoms with Crippen molar-refractivity contribution in [2.24, 2.45) is 5.92 Å². The molecule has 2 aliphatic rings. The number of amides is 1. The molecule has 1 aromatic carbocycles. The number of halogens is 2. The molecule has 1 saturated carbocycles. The zero-order valence-corrected chi connectivity index (χ0v) is 15.1. The number of hydrogen-bond donors (Lipinski definition) is 0. The van der Waals surface area contributed by atoms with Gasteiger partial charge in [-0.2, -0.15) is 4.98 Å². The van der Waals surface area contributed by atoms with Crippen LogP contribution in [0, 0.1) is 12.8 Å². The van der Waals surface area contributed by atoms with Crippen molar-refractivity contribution < 1.29 is 14.1 Å². The third-order valence-corrected chi connectivity index (χ3v) is 5.46. The van der Waals surface area contributed by atoms with Gasteiger partial charge in [-0.3, -0.25) is 4.79 Å². The summed E-state index contributed by atoms with van der Waals surface area (Å²) in [5, 5.41) is 4.86. The van der Waals surface area contributed by atoms with Crippen molar-refractivity contribution >= 4 is 29.1 Å². The fourth-order valence-electron chi connectivity index (χ4n) is 3.31. The maximum atomic E-state index is 13.0. The van der Waals surface area contributed by atoms with Crippen LogP contribution in [0.5, 0.6) is 0 Å². The summed E-state index contributed by atoms with van der Waals surface area (Å²) in [5.74, 6) is 1.20. The summed E-state index contributed by atoms with van der Waals surface area (Å²) in [6.07, 6.45) is 0.809. The predicted octanol–water partition coefficient (Wildman–Crippen LogP) is 3.39. The molecule has 1 aliphatic heterocycles. The number of rotatable bonds is 3. The van der Waals surface area contributed by atoms with Crippen molar-refractivity contribution in [1.82, 2.24) is 15.0 Å². The van der Waals surface area contributed by atoms with Crippen LogP contribution in [0.1, 0.15) is 35.7 Å². The summed E-state index contributed by atoms with van der Waals surface area (Å²) in [6.45, 7) is 3.16. The van der Waals surface area contributed by atoms with Crippen LogP contribution in [0.15, 0.2) is 22.7 Å². The molecule has 2 heterocycles. The van der Waals surface area contributed by atoms with Gasteiger partial charge in [0.2, 0.25) is 5.91 Å². The van der Waals surface area contributed by atoms with Crippen LogP contribution < -0.4 is 0 Å². The Balaban J connectivity index is 1.51. The van der Waals surface area contributed by atoms with Gasteiger partial charge < -0.3 is 14.2 Å². The number of ether oxygens (including phenoxy) is 1. The van der Waals surface area contributed by atoms with Crippen molar-refractivity contribution in [2.75, 3.05) is 19.8 Å². The number of carbonyl (C=O) groups is 1. The minimum Gasteiger partial charge on any atom is -0.377 e. The Bertz CT molecular complexity index is 810. The normalized spacial score (nSPS) is 25.9. The van der Waals surface area contributed by atoms with Gasteiger partial charge in [-0.05, 0) is 37.0 Å². The van der Waals surface area contributed by atoms with E-state index in [-0.39, 0.29) is 23.8 Å². The largest absolute Gasteiger partial charge is 0.377 e. The second-order valence-electron chi connectivity index (χ2n) is 6.42. The third kappa shape index (κ3) is 3.26. The zero-order valence-electron chi connectivity index (χ0n) is 13.6. The highest BCUT2D eigenvalue weighted by Gasteiger charge is 2.48. The SMILES string of the molecule is Cc1noc([C@@H]2COCCN2C(=O)[C@@H]2C[C@H]2c2ccc(Cl)c(Cl)c2)n1. The summed E-state index contributed by atoms with van der Waals surface area (Å²) in [4.78, 5) is 19.1. The molecule has 6 nitrogen and oxygen atoms in total. The zero-order chi connectivity index (χ0) is 17.6. The molecule has 1 amide bonds. The van der Waals surface area contributed by atoms with Crippen molar-refractivity contribution in [3.63, 3.8) is 0 Å². The highest BCUT2D eigenvalue weighted by molar-refractivity contribution is 6.42. The summed E-state index contributed by atoms with van der Waals surface area (Å²) in [5.41, 5.74) is 1.05. The Morgan fingerprint density at radius 3 is 2.88 bits per heavy atom. The Morgan fingerprint density at radius 1 is 1.32 bits per heavy atom. The molecule has 0 radical (unpaired) electrons. The highest BCUT2D eigenvalue weighted by Crippen LogP contribution is 2.50. The first-order valence-corrected chi connectivity index (χ1v) is 8.93. The molecule has 132 valence electrons. The van der Waals surface area contributed by atoms with Crippen LogP contribution in [-0.4, -0.2) is 40.7 Å². The lowest BCUT2D eigenvalue weighted by molar-refractivity contribution is -0.142. The molecule has 2 aromatic rings. The van der Waals surface area contributed by atoms with E-state index in [1.54, 1.807) is 17.9 Å². The monoisotopic (exact) mass is 381 g/mol. The van der Waals surface area contributed by atoms with E-state index >= 15 is 0 Å². The number of aryl methyl sites for hydroxylation is 1. The summed E-state index contributed by atoms with van der Waals surface area (Å²) >= 11 is 12.1. The summed E-state index contributed by atoms with van der Waals surface area (Å²) in [7, 11) is 0. The smallest absolute Gasteiger partial charge is 0.251 e. The lowest BCUT2D eigenvalue weighted by Crippen LogP contribution is -2.44. The van der Waals surface area contributed by atoms with Gasteiger partial charge in [0.05, 0.1) is 23.3 Å². The highest BCUT2D eigenvalue weighted by atomic mass is 35.5. The van der Waals surface area contributed by atoms with Crippen LogP contribution in [0.25, 0.3) is 0 Å². The van der Waals surface area contributed by atoms with Crippen molar-refractivity contribution in [3.05, 3.63) is 45.5 Å². The quantitative estimate of drug-likeness (QED) is 0.814. The Morgan fingerprint density at radius 2 is 2.16 bits per heavy atom.